The number of likely N-dealkylation sites (tertiary alicyclic amines) is 1. The van der Waals surface area contributed by atoms with Crippen LogP contribution in [0.3, 0.4) is 0 Å². The molecule has 2 atom stereocenters. The molecule has 1 heterocycles. The number of hydrogen-bond acceptors (Lipinski definition) is 3. The smallest absolute Gasteiger partial charge is 0.236 e. The van der Waals surface area contributed by atoms with Crippen molar-refractivity contribution >= 4 is 11.9 Å². The van der Waals surface area contributed by atoms with Gasteiger partial charge in [-0.25, -0.2) is 4.39 Å². The lowest BCUT2D eigenvalue weighted by molar-refractivity contribution is -0.130. The Bertz CT molecular complexity index is 700. The predicted molar refractivity (Wildman–Crippen MR) is 110 cm³/mol. The molecule has 2 aliphatic rings. The Morgan fingerprint density at radius 3 is 2.61 bits per heavy atom. The molecule has 2 fully saturated rings. The lowest BCUT2D eigenvalue weighted by Gasteiger charge is -2.33. The molecule has 7 heteroatoms. The van der Waals surface area contributed by atoms with Gasteiger partial charge in [-0.05, 0) is 37.8 Å². The van der Waals surface area contributed by atoms with E-state index in [2.05, 4.69) is 20.5 Å². The molecule has 2 N–H and O–H groups in total. The van der Waals surface area contributed by atoms with E-state index in [1.807, 2.05) is 19.1 Å². The number of likely N-dealkylation sites (N-methyl/N-ethyl adjacent to an activating group) is 1. The molecule has 154 valence electrons. The first kappa shape index (κ1) is 20.6. The fourth-order valence-corrected chi connectivity index (χ4v) is 3.70. The number of piperidine rings is 1. The maximum absolute atomic E-state index is 14.0. The molecule has 1 saturated heterocycles. The monoisotopic (exact) mass is 389 g/mol. The lowest BCUT2D eigenvalue weighted by Crippen LogP contribution is -2.50. The number of carbonyl (C=O) groups is 1. The van der Waals surface area contributed by atoms with Crippen molar-refractivity contribution in [1.82, 2.24) is 20.4 Å². The van der Waals surface area contributed by atoms with Gasteiger partial charge >= 0.3 is 0 Å². The van der Waals surface area contributed by atoms with E-state index in [0.717, 1.165) is 43.9 Å². The van der Waals surface area contributed by atoms with Crippen LogP contribution in [0.1, 0.15) is 37.7 Å². The largest absolute Gasteiger partial charge is 0.354 e. The standard InChI is InChI=1S/C21H32FN5O/c1-4-23-21(25-19-13-17(19)16-7-5-6-8-18(16)22)24-15-9-11-27(12-10-15)14-20(28)26(2)3/h5-8,15,17,19H,4,9-14H2,1-3H3,(H2,23,24,25). The van der Waals surface area contributed by atoms with Crippen molar-refractivity contribution < 1.29 is 9.18 Å². The Kier molecular flexibility index (Phi) is 6.88. The zero-order valence-electron chi connectivity index (χ0n) is 17.1. The third-order valence-electron chi connectivity index (χ3n) is 5.52. The topological polar surface area (TPSA) is 60.0 Å². The van der Waals surface area contributed by atoms with Crippen LogP contribution >= 0.6 is 0 Å². The summed E-state index contributed by atoms with van der Waals surface area (Å²) in [5.74, 6) is 1.05. The molecule has 1 saturated carbocycles. The number of rotatable bonds is 6. The molecular formula is C21H32FN5O. The highest BCUT2D eigenvalue weighted by Crippen LogP contribution is 2.41. The Labute approximate surface area is 167 Å². The van der Waals surface area contributed by atoms with E-state index >= 15 is 0 Å². The quantitative estimate of drug-likeness (QED) is 0.575. The Hall–Kier alpha value is -2.15. The molecule has 0 spiro atoms. The molecule has 2 unspecified atom stereocenters. The van der Waals surface area contributed by atoms with Gasteiger partial charge in [-0.2, -0.15) is 0 Å². The minimum absolute atomic E-state index is 0.126. The van der Waals surface area contributed by atoms with Gasteiger partial charge in [0.25, 0.3) is 0 Å². The van der Waals surface area contributed by atoms with Gasteiger partial charge in [-0.15, -0.1) is 0 Å². The first-order chi connectivity index (χ1) is 13.5. The lowest BCUT2D eigenvalue weighted by atomic mass is 10.1. The highest BCUT2D eigenvalue weighted by atomic mass is 19.1. The number of benzene rings is 1. The predicted octanol–water partition coefficient (Wildman–Crippen LogP) is 1.79. The molecule has 1 aliphatic carbocycles. The normalized spacial score (nSPS) is 23.4. The highest BCUT2D eigenvalue weighted by Gasteiger charge is 2.40. The molecular weight excluding hydrogens is 357 g/mol. The van der Waals surface area contributed by atoms with Crippen LogP contribution in [0.15, 0.2) is 29.3 Å². The van der Waals surface area contributed by atoms with Crippen LogP contribution in [0.4, 0.5) is 4.39 Å². The van der Waals surface area contributed by atoms with Crippen LogP contribution in [-0.2, 0) is 4.79 Å². The van der Waals surface area contributed by atoms with E-state index in [4.69, 9.17) is 0 Å². The molecule has 3 rings (SSSR count). The highest BCUT2D eigenvalue weighted by molar-refractivity contribution is 5.81. The number of aliphatic imine (C=N–C) groups is 1. The molecule has 1 aromatic rings. The summed E-state index contributed by atoms with van der Waals surface area (Å²) < 4.78 is 14.0. The molecule has 0 radical (unpaired) electrons. The Balaban J connectivity index is 1.47. The van der Waals surface area contributed by atoms with Crippen molar-refractivity contribution in [1.29, 1.82) is 0 Å². The van der Waals surface area contributed by atoms with E-state index in [0.29, 0.717) is 19.1 Å². The fraction of sp³-hybridized carbons (Fsp3) is 0.619. The number of carbonyl (C=O) groups excluding carboxylic acids is 1. The van der Waals surface area contributed by atoms with Crippen molar-refractivity contribution in [3.05, 3.63) is 35.6 Å². The van der Waals surface area contributed by atoms with Gasteiger partial charge in [0.05, 0.1) is 6.54 Å². The second-order valence-electron chi connectivity index (χ2n) is 7.92. The van der Waals surface area contributed by atoms with Crippen LogP contribution in [0, 0.1) is 5.82 Å². The van der Waals surface area contributed by atoms with Crippen LogP contribution < -0.4 is 10.6 Å². The summed E-state index contributed by atoms with van der Waals surface area (Å²) >= 11 is 0. The summed E-state index contributed by atoms with van der Waals surface area (Å²) in [6.07, 6.45) is 2.88. The number of nitrogens with zero attached hydrogens (tertiary/aromatic N) is 3. The Morgan fingerprint density at radius 1 is 1.25 bits per heavy atom. The van der Waals surface area contributed by atoms with Crippen molar-refractivity contribution in [3.63, 3.8) is 0 Å². The number of guanidine groups is 1. The summed E-state index contributed by atoms with van der Waals surface area (Å²) in [6, 6.07) is 7.59. The first-order valence-corrected chi connectivity index (χ1v) is 10.2. The van der Waals surface area contributed by atoms with Crippen LogP contribution in [0.5, 0.6) is 0 Å². The molecule has 1 amide bonds. The minimum Gasteiger partial charge on any atom is -0.354 e. The van der Waals surface area contributed by atoms with Crippen LogP contribution in [-0.4, -0.2) is 74.0 Å². The van der Waals surface area contributed by atoms with Gasteiger partial charge < -0.3 is 15.5 Å². The zero-order chi connectivity index (χ0) is 20.1. The summed E-state index contributed by atoms with van der Waals surface area (Å²) in [6.45, 7) is 5.00. The van der Waals surface area contributed by atoms with Gasteiger partial charge in [0.1, 0.15) is 5.82 Å². The van der Waals surface area contributed by atoms with Gasteiger partial charge in [0.15, 0.2) is 5.96 Å². The van der Waals surface area contributed by atoms with E-state index in [9.17, 15) is 9.18 Å². The number of halogens is 1. The van der Waals surface area contributed by atoms with Crippen molar-refractivity contribution in [2.45, 2.75) is 44.2 Å². The van der Waals surface area contributed by atoms with Gasteiger partial charge in [-0.1, -0.05) is 18.2 Å². The van der Waals surface area contributed by atoms with Crippen molar-refractivity contribution in [2.75, 3.05) is 40.3 Å². The average molecular weight is 390 g/mol. The second kappa shape index (κ2) is 9.37. The zero-order valence-corrected chi connectivity index (χ0v) is 17.1. The van der Waals surface area contributed by atoms with Crippen molar-refractivity contribution in [3.8, 4) is 0 Å². The molecule has 0 bridgehead atoms. The number of hydrogen-bond donors (Lipinski definition) is 2. The maximum atomic E-state index is 14.0. The van der Waals surface area contributed by atoms with Gasteiger partial charge in [0, 0.05) is 51.7 Å². The maximum Gasteiger partial charge on any atom is 0.236 e. The average Bonchev–Trinajstić information content (AvgIpc) is 3.42. The molecule has 28 heavy (non-hydrogen) atoms. The molecule has 0 aromatic heterocycles. The number of amides is 1. The molecule has 6 nitrogen and oxygen atoms in total. The number of nitrogens with one attached hydrogen (secondary N) is 2. The van der Waals surface area contributed by atoms with Crippen molar-refractivity contribution in [2.24, 2.45) is 4.99 Å². The summed E-state index contributed by atoms with van der Waals surface area (Å²) in [7, 11) is 3.59. The molecule has 1 aromatic carbocycles. The Morgan fingerprint density at radius 2 is 1.96 bits per heavy atom. The molecule has 1 aliphatic heterocycles. The summed E-state index contributed by atoms with van der Waals surface area (Å²) in [5.41, 5.74) is 0.787. The van der Waals surface area contributed by atoms with Gasteiger partial charge in [0.2, 0.25) is 5.91 Å². The minimum atomic E-state index is -0.126. The van der Waals surface area contributed by atoms with Crippen LogP contribution in [0.2, 0.25) is 0 Å². The summed E-state index contributed by atoms with van der Waals surface area (Å²) in [5, 5.41) is 7.01. The van der Waals surface area contributed by atoms with E-state index in [1.54, 1.807) is 25.1 Å². The fourth-order valence-electron chi connectivity index (χ4n) is 3.70. The first-order valence-electron chi connectivity index (χ1n) is 10.2. The second-order valence-corrected chi connectivity index (χ2v) is 7.92. The van der Waals surface area contributed by atoms with Crippen LogP contribution in [0.25, 0.3) is 0 Å². The van der Waals surface area contributed by atoms with E-state index < -0.39 is 0 Å². The van der Waals surface area contributed by atoms with Gasteiger partial charge in [-0.3, -0.25) is 14.7 Å². The summed E-state index contributed by atoms with van der Waals surface area (Å²) in [4.78, 5) is 20.3. The third kappa shape index (κ3) is 5.44. The van der Waals surface area contributed by atoms with E-state index in [1.165, 1.54) is 6.07 Å². The third-order valence-corrected chi connectivity index (χ3v) is 5.52. The SMILES string of the molecule is CCN=C(NC1CCN(CC(=O)N(C)C)CC1)NC1CC1c1ccccc1F. The van der Waals surface area contributed by atoms with E-state index in [-0.39, 0.29) is 23.7 Å².